The van der Waals surface area contributed by atoms with Crippen molar-refractivity contribution in [1.29, 1.82) is 0 Å². The molecule has 0 spiro atoms. The number of thioether (sulfide) groups is 1. The quantitative estimate of drug-likeness (QED) is 0.405. The van der Waals surface area contributed by atoms with Crippen LogP contribution in [-0.4, -0.2) is 18.2 Å². The fraction of sp³-hybridized carbons (Fsp3) is 0.125. The Balaban J connectivity index is 2.12. The number of hydrazone groups is 1. The van der Waals surface area contributed by atoms with Gasteiger partial charge in [0.2, 0.25) is 0 Å². The van der Waals surface area contributed by atoms with E-state index in [4.69, 9.17) is 0 Å². The Morgan fingerprint density at radius 3 is 2.33 bits per heavy atom. The van der Waals surface area contributed by atoms with Gasteiger partial charge < -0.3 is 4.74 Å². The Morgan fingerprint density at radius 2 is 1.71 bits per heavy atom. The highest BCUT2D eigenvalue weighted by Gasteiger charge is 2.06. The lowest BCUT2D eigenvalue weighted by Gasteiger charge is -2.07. The van der Waals surface area contributed by atoms with E-state index in [0.29, 0.717) is 6.42 Å². The normalized spacial score (nSPS) is 11.0. The van der Waals surface area contributed by atoms with Crippen molar-refractivity contribution in [1.82, 2.24) is 5.43 Å². The van der Waals surface area contributed by atoms with E-state index in [-0.39, 0.29) is 0 Å². The molecule has 0 saturated heterocycles. The zero-order valence-electron chi connectivity index (χ0n) is 11.7. The van der Waals surface area contributed by atoms with Crippen molar-refractivity contribution >= 4 is 22.9 Å². The fourth-order valence-corrected chi connectivity index (χ4v) is 2.54. The molecular weight excluding hydrogens is 284 g/mol. The van der Waals surface area contributed by atoms with Gasteiger partial charge in [-0.1, -0.05) is 60.3 Å². The molecule has 2 aromatic rings. The summed E-state index contributed by atoms with van der Waals surface area (Å²) in [6, 6.07) is 19.9. The lowest BCUT2D eigenvalue weighted by Crippen LogP contribution is -2.19. The zero-order chi connectivity index (χ0) is 14.9. The molecule has 1 amide bonds. The summed E-state index contributed by atoms with van der Waals surface area (Å²) in [7, 11) is 1.31. The highest BCUT2D eigenvalue weighted by atomic mass is 32.2. The predicted octanol–water partition coefficient (Wildman–Crippen LogP) is 3.69. The topological polar surface area (TPSA) is 50.7 Å². The summed E-state index contributed by atoms with van der Waals surface area (Å²) in [5.74, 6) is 0. The number of hydrogen-bond donors (Lipinski definition) is 1. The highest BCUT2D eigenvalue weighted by molar-refractivity contribution is 8.14. The van der Waals surface area contributed by atoms with Crippen molar-refractivity contribution < 1.29 is 9.53 Å². The van der Waals surface area contributed by atoms with Crippen molar-refractivity contribution in [2.45, 2.75) is 11.3 Å². The van der Waals surface area contributed by atoms with E-state index in [9.17, 15) is 4.79 Å². The lowest BCUT2D eigenvalue weighted by molar-refractivity contribution is 0.171. The van der Waals surface area contributed by atoms with E-state index in [1.807, 2.05) is 60.7 Å². The number of carbonyl (C=O) groups excluding carboxylic acids is 1. The van der Waals surface area contributed by atoms with E-state index in [0.717, 1.165) is 15.5 Å². The van der Waals surface area contributed by atoms with Crippen LogP contribution in [0.4, 0.5) is 4.79 Å². The summed E-state index contributed by atoms with van der Waals surface area (Å²) in [5, 5.41) is 4.93. The maximum Gasteiger partial charge on any atom is 0.427 e. The van der Waals surface area contributed by atoms with E-state index >= 15 is 0 Å². The second kappa shape index (κ2) is 8.11. The van der Waals surface area contributed by atoms with E-state index in [1.54, 1.807) is 0 Å². The van der Waals surface area contributed by atoms with Crippen molar-refractivity contribution in [2.24, 2.45) is 5.10 Å². The average Bonchev–Trinajstić information content (AvgIpc) is 2.54. The van der Waals surface area contributed by atoms with Crippen LogP contribution >= 0.6 is 11.8 Å². The summed E-state index contributed by atoms with van der Waals surface area (Å²) >= 11 is 1.52. The molecule has 108 valence electrons. The predicted molar refractivity (Wildman–Crippen MR) is 85.4 cm³/mol. The number of methoxy groups -OCH3 is 1. The third kappa shape index (κ3) is 5.31. The van der Waals surface area contributed by atoms with E-state index < -0.39 is 6.09 Å². The van der Waals surface area contributed by atoms with Crippen LogP contribution in [0.15, 0.2) is 70.7 Å². The second-order valence-corrected chi connectivity index (χ2v) is 5.33. The van der Waals surface area contributed by atoms with Crippen molar-refractivity contribution in [3.05, 3.63) is 66.2 Å². The van der Waals surface area contributed by atoms with Gasteiger partial charge in [-0.25, -0.2) is 10.2 Å². The first-order valence-electron chi connectivity index (χ1n) is 6.45. The standard InChI is InChI=1S/C16H16N2O2S/c1-20-16(19)18-17-15(12-13-8-4-2-5-9-13)21-14-10-6-3-7-11-14/h2-11H,12H2,1H3,(H,18,19)/b17-15+. The van der Waals surface area contributed by atoms with Gasteiger partial charge in [0, 0.05) is 11.3 Å². The smallest absolute Gasteiger partial charge is 0.427 e. The Bertz CT molecular complexity index is 557. The van der Waals surface area contributed by atoms with Crippen LogP contribution < -0.4 is 5.43 Å². The monoisotopic (exact) mass is 300 g/mol. The third-order valence-electron chi connectivity index (χ3n) is 2.63. The van der Waals surface area contributed by atoms with Gasteiger partial charge in [0.1, 0.15) is 5.04 Å². The lowest BCUT2D eigenvalue weighted by atomic mass is 10.2. The van der Waals surface area contributed by atoms with Gasteiger partial charge in [-0.3, -0.25) is 0 Å². The van der Waals surface area contributed by atoms with Crippen LogP contribution in [0.2, 0.25) is 0 Å². The van der Waals surface area contributed by atoms with Crippen LogP contribution in [0.1, 0.15) is 5.56 Å². The Morgan fingerprint density at radius 1 is 1.10 bits per heavy atom. The van der Waals surface area contributed by atoms with Crippen LogP contribution in [-0.2, 0) is 11.2 Å². The van der Waals surface area contributed by atoms with Crippen molar-refractivity contribution in [3.63, 3.8) is 0 Å². The van der Waals surface area contributed by atoms with Crippen LogP contribution in [0, 0.1) is 0 Å². The SMILES string of the molecule is COC(=O)N/N=C(\Cc1ccccc1)Sc1ccccc1. The second-order valence-electron chi connectivity index (χ2n) is 4.19. The molecule has 0 aromatic heterocycles. The Kier molecular flexibility index (Phi) is 5.84. The Hall–Kier alpha value is -2.27. The van der Waals surface area contributed by atoms with Crippen molar-refractivity contribution in [2.75, 3.05) is 7.11 Å². The number of nitrogens with one attached hydrogen (secondary N) is 1. The van der Waals surface area contributed by atoms with Crippen LogP contribution in [0.3, 0.4) is 0 Å². The first-order chi connectivity index (χ1) is 10.3. The fourth-order valence-electron chi connectivity index (χ4n) is 1.65. The molecule has 0 bridgehead atoms. The molecule has 5 heteroatoms. The van der Waals surface area contributed by atoms with Crippen LogP contribution in [0.5, 0.6) is 0 Å². The number of carbonyl (C=O) groups is 1. The third-order valence-corrected chi connectivity index (χ3v) is 3.61. The molecule has 0 fully saturated rings. The molecule has 1 N–H and O–H groups in total. The molecule has 0 aliphatic rings. The number of ether oxygens (including phenoxy) is 1. The molecule has 0 radical (unpaired) electrons. The van der Waals surface area contributed by atoms with Gasteiger partial charge in [-0.05, 0) is 17.7 Å². The molecule has 0 unspecified atom stereocenters. The molecule has 0 aliphatic carbocycles. The molecule has 0 atom stereocenters. The molecule has 0 saturated carbocycles. The van der Waals surface area contributed by atoms with Gasteiger partial charge in [0.15, 0.2) is 0 Å². The van der Waals surface area contributed by atoms with Crippen molar-refractivity contribution in [3.8, 4) is 0 Å². The highest BCUT2D eigenvalue weighted by Crippen LogP contribution is 2.21. The molecule has 2 rings (SSSR count). The van der Waals surface area contributed by atoms with Gasteiger partial charge in [-0.15, -0.1) is 0 Å². The van der Waals surface area contributed by atoms with Gasteiger partial charge in [0.05, 0.1) is 7.11 Å². The minimum Gasteiger partial charge on any atom is -0.452 e. The van der Waals surface area contributed by atoms with E-state index in [2.05, 4.69) is 15.3 Å². The van der Waals surface area contributed by atoms with Crippen LogP contribution in [0.25, 0.3) is 0 Å². The molecule has 4 nitrogen and oxygen atoms in total. The number of hydrogen-bond acceptors (Lipinski definition) is 4. The summed E-state index contributed by atoms with van der Waals surface area (Å²) in [4.78, 5) is 12.2. The zero-order valence-corrected chi connectivity index (χ0v) is 12.5. The first-order valence-corrected chi connectivity index (χ1v) is 7.27. The van der Waals surface area contributed by atoms with Gasteiger partial charge in [-0.2, -0.15) is 5.10 Å². The van der Waals surface area contributed by atoms with E-state index in [1.165, 1.54) is 18.9 Å². The molecule has 0 aliphatic heterocycles. The summed E-state index contributed by atoms with van der Waals surface area (Å²) in [6.07, 6.45) is 0.0685. The first kappa shape index (κ1) is 15.1. The number of nitrogens with zero attached hydrogens (tertiary/aromatic N) is 1. The minimum atomic E-state index is -0.575. The summed E-state index contributed by atoms with van der Waals surface area (Å²) in [6.45, 7) is 0. The maximum absolute atomic E-state index is 11.2. The Labute approximate surface area is 128 Å². The number of rotatable bonds is 4. The molecule has 2 aromatic carbocycles. The summed E-state index contributed by atoms with van der Waals surface area (Å²) < 4.78 is 4.53. The molecular formula is C16H16N2O2S. The largest absolute Gasteiger partial charge is 0.452 e. The molecule has 0 heterocycles. The molecule has 21 heavy (non-hydrogen) atoms. The number of benzene rings is 2. The minimum absolute atomic E-state index is 0.575. The average molecular weight is 300 g/mol. The summed E-state index contributed by atoms with van der Waals surface area (Å²) in [5.41, 5.74) is 3.51. The number of amides is 1. The van der Waals surface area contributed by atoms with Gasteiger partial charge in [0.25, 0.3) is 0 Å². The van der Waals surface area contributed by atoms with Gasteiger partial charge >= 0.3 is 6.09 Å². The maximum atomic E-state index is 11.2.